The van der Waals surface area contributed by atoms with Crippen LogP contribution in [0.4, 0.5) is 18.9 Å². The van der Waals surface area contributed by atoms with E-state index in [4.69, 9.17) is 9.72 Å². The first-order chi connectivity index (χ1) is 18.5. The lowest BCUT2D eigenvalue weighted by Crippen LogP contribution is -2.36. The number of likely N-dealkylation sites (tertiary alicyclic amines) is 1. The van der Waals surface area contributed by atoms with Crippen molar-refractivity contribution < 1.29 is 26.3 Å². The van der Waals surface area contributed by atoms with Crippen LogP contribution in [0.5, 0.6) is 0 Å². The van der Waals surface area contributed by atoms with E-state index >= 15 is 0 Å². The molecule has 0 radical (unpaired) electrons. The van der Waals surface area contributed by atoms with Gasteiger partial charge < -0.3 is 9.64 Å². The van der Waals surface area contributed by atoms with Gasteiger partial charge in [-0.2, -0.15) is 13.2 Å². The smallest absolute Gasteiger partial charge is 0.378 e. The van der Waals surface area contributed by atoms with Crippen LogP contribution in [0.3, 0.4) is 0 Å². The summed E-state index contributed by atoms with van der Waals surface area (Å²) in [7, 11) is -3.00. The van der Waals surface area contributed by atoms with E-state index in [-0.39, 0.29) is 28.9 Å². The number of morpholine rings is 1. The third-order valence-electron chi connectivity index (χ3n) is 8.49. The van der Waals surface area contributed by atoms with Crippen molar-refractivity contribution in [1.82, 2.24) is 19.3 Å². The number of hydrogen-bond acceptors (Lipinski definition) is 7. The number of nitrogens with zero attached hydrogens (tertiary/aromatic N) is 5. The number of sulfone groups is 1. The molecule has 3 fully saturated rings. The molecule has 1 spiro atoms. The third kappa shape index (κ3) is 5.26. The van der Waals surface area contributed by atoms with Gasteiger partial charge in [-0.15, -0.1) is 0 Å². The number of hydrogen-bond donors (Lipinski definition) is 0. The van der Waals surface area contributed by atoms with Gasteiger partial charge in [0.1, 0.15) is 0 Å². The van der Waals surface area contributed by atoms with Gasteiger partial charge in [0, 0.05) is 38.8 Å². The molecule has 1 atom stereocenters. The third-order valence-corrected chi connectivity index (χ3v) is 10.4. The van der Waals surface area contributed by atoms with Crippen molar-refractivity contribution in [3.63, 3.8) is 0 Å². The summed E-state index contributed by atoms with van der Waals surface area (Å²) in [5, 5.41) is 0. The summed E-state index contributed by atoms with van der Waals surface area (Å²) < 4.78 is 72.8. The second-order valence-corrected chi connectivity index (χ2v) is 13.3. The van der Waals surface area contributed by atoms with Crippen molar-refractivity contribution in [3.8, 4) is 0 Å². The van der Waals surface area contributed by atoms with Gasteiger partial charge in [0.15, 0.2) is 9.84 Å². The van der Waals surface area contributed by atoms with Gasteiger partial charge in [0.05, 0.1) is 53.6 Å². The molecule has 1 unspecified atom stereocenters. The van der Waals surface area contributed by atoms with Crippen molar-refractivity contribution in [2.45, 2.75) is 38.9 Å². The fraction of sp³-hybridized carbons (Fsp3) is 0.556. The van der Waals surface area contributed by atoms with E-state index in [9.17, 15) is 21.6 Å². The number of aromatic nitrogens is 3. The predicted molar refractivity (Wildman–Crippen MR) is 141 cm³/mol. The fourth-order valence-electron chi connectivity index (χ4n) is 6.36. The molecule has 0 aliphatic carbocycles. The molecular weight excluding hydrogens is 531 g/mol. The number of fused-ring (bicyclic) bond motifs is 1. The molecule has 0 bridgehead atoms. The Kier molecular flexibility index (Phi) is 6.62. The van der Waals surface area contributed by atoms with Crippen LogP contribution in [-0.2, 0) is 33.7 Å². The molecule has 0 saturated carbocycles. The zero-order valence-corrected chi connectivity index (χ0v) is 22.7. The highest BCUT2D eigenvalue weighted by atomic mass is 32.2. The summed E-state index contributed by atoms with van der Waals surface area (Å²) >= 11 is 0. The molecule has 3 saturated heterocycles. The molecule has 0 N–H and O–H groups in total. The number of alkyl halides is 3. The van der Waals surface area contributed by atoms with Crippen molar-refractivity contribution in [2.24, 2.45) is 5.41 Å². The first kappa shape index (κ1) is 26.5. The Balaban J connectivity index is 1.36. The van der Waals surface area contributed by atoms with Crippen LogP contribution in [0.2, 0.25) is 0 Å². The summed E-state index contributed by atoms with van der Waals surface area (Å²) in [5.74, 6) is 0.963. The minimum absolute atomic E-state index is 0.208. The van der Waals surface area contributed by atoms with Gasteiger partial charge in [-0.25, -0.2) is 18.4 Å². The van der Waals surface area contributed by atoms with Gasteiger partial charge in [-0.3, -0.25) is 9.30 Å². The maximum atomic E-state index is 13.7. The maximum Gasteiger partial charge on any atom is 0.416 e. The zero-order valence-electron chi connectivity index (χ0n) is 21.9. The Morgan fingerprint density at radius 1 is 1.13 bits per heavy atom. The van der Waals surface area contributed by atoms with Crippen molar-refractivity contribution in [3.05, 3.63) is 58.7 Å². The lowest BCUT2D eigenvalue weighted by atomic mass is 9.87. The molecule has 2 aromatic heterocycles. The lowest BCUT2D eigenvalue weighted by molar-refractivity contribution is -0.138. The molecule has 6 rings (SSSR count). The largest absolute Gasteiger partial charge is 0.416 e. The number of halogens is 3. The van der Waals surface area contributed by atoms with E-state index in [1.54, 1.807) is 12.3 Å². The van der Waals surface area contributed by atoms with Crippen LogP contribution in [0.25, 0.3) is 5.78 Å². The van der Waals surface area contributed by atoms with E-state index in [0.717, 1.165) is 49.2 Å². The molecule has 3 aliphatic heterocycles. The normalized spacial score (nSPS) is 23.8. The Morgan fingerprint density at radius 3 is 2.64 bits per heavy atom. The Bertz CT molecular complexity index is 1500. The standard InChI is InChI=1S/C27H32F3N5O3S/c1-19-20(3-2-4-22(19)27(28,29)30)13-24-23(16-33-7-5-26(17-33)6-12-39(36,37)18-26)32-25-31-14-21(15-35(24)25)34-8-10-38-11-9-34/h2-4,14-15H,5-13,16-18H2,1H3. The molecule has 8 nitrogen and oxygen atoms in total. The monoisotopic (exact) mass is 563 g/mol. The van der Waals surface area contributed by atoms with E-state index < -0.39 is 21.6 Å². The first-order valence-corrected chi connectivity index (χ1v) is 15.1. The number of ether oxygens (including phenoxy) is 1. The minimum Gasteiger partial charge on any atom is -0.378 e. The topological polar surface area (TPSA) is 80.0 Å². The molecule has 5 heterocycles. The maximum absolute atomic E-state index is 13.7. The summed E-state index contributed by atoms with van der Waals surface area (Å²) in [4.78, 5) is 13.9. The van der Waals surface area contributed by atoms with Crippen LogP contribution in [0, 0.1) is 12.3 Å². The lowest BCUT2D eigenvalue weighted by Gasteiger charge is -2.28. The Hall–Kier alpha value is -2.70. The number of anilines is 1. The van der Waals surface area contributed by atoms with Crippen LogP contribution >= 0.6 is 0 Å². The highest BCUT2D eigenvalue weighted by molar-refractivity contribution is 7.91. The Morgan fingerprint density at radius 2 is 1.92 bits per heavy atom. The van der Waals surface area contributed by atoms with Crippen molar-refractivity contribution >= 4 is 21.3 Å². The quantitative estimate of drug-likeness (QED) is 0.470. The molecule has 3 aromatic rings. The molecule has 0 amide bonds. The summed E-state index contributed by atoms with van der Waals surface area (Å²) in [5.41, 5.74) is 2.42. The molecule has 1 aromatic carbocycles. The SMILES string of the molecule is Cc1c(Cc2c(CN3CCC4(CCS(=O)(=O)C4)C3)nc3ncc(N4CCOCC4)cn23)cccc1C(F)(F)F. The molecular formula is C27H32F3N5O3S. The molecule has 210 valence electrons. The highest BCUT2D eigenvalue weighted by Gasteiger charge is 2.46. The molecule has 12 heteroatoms. The second kappa shape index (κ2) is 9.74. The zero-order chi connectivity index (χ0) is 27.4. The van der Waals surface area contributed by atoms with Gasteiger partial charge in [-0.1, -0.05) is 12.1 Å². The summed E-state index contributed by atoms with van der Waals surface area (Å²) in [6, 6.07) is 4.31. The van der Waals surface area contributed by atoms with Crippen molar-refractivity contribution in [1.29, 1.82) is 0 Å². The second-order valence-electron chi connectivity index (χ2n) is 11.2. The van der Waals surface area contributed by atoms with Gasteiger partial charge in [0.2, 0.25) is 5.78 Å². The van der Waals surface area contributed by atoms with Crippen LogP contribution in [-0.4, -0.2) is 78.6 Å². The van der Waals surface area contributed by atoms with Crippen LogP contribution in [0.15, 0.2) is 30.6 Å². The van der Waals surface area contributed by atoms with Crippen LogP contribution < -0.4 is 4.90 Å². The van der Waals surface area contributed by atoms with Crippen LogP contribution in [0.1, 0.15) is 40.9 Å². The average molecular weight is 564 g/mol. The number of imidazole rings is 1. The minimum atomic E-state index is -4.43. The molecule has 39 heavy (non-hydrogen) atoms. The van der Waals surface area contributed by atoms with E-state index in [1.807, 2.05) is 10.6 Å². The number of benzene rings is 1. The highest BCUT2D eigenvalue weighted by Crippen LogP contribution is 2.41. The summed E-state index contributed by atoms with van der Waals surface area (Å²) in [6.07, 6.45) is 1.09. The van der Waals surface area contributed by atoms with Gasteiger partial charge in [-0.05, 0) is 48.9 Å². The van der Waals surface area contributed by atoms with Gasteiger partial charge in [0.25, 0.3) is 0 Å². The van der Waals surface area contributed by atoms with Gasteiger partial charge >= 0.3 is 6.18 Å². The number of rotatable bonds is 5. The van der Waals surface area contributed by atoms with Crippen molar-refractivity contribution in [2.75, 3.05) is 55.8 Å². The van der Waals surface area contributed by atoms with E-state index in [0.29, 0.717) is 44.1 Å². The first-order valence-electron chi connectivity index (χ1n) is 13.3. The van der Waals surface area contributed by atoms with E-state index in [1.165, 1.54) is 13.0 Å². The molecule has 3 aliphatic rings. The van der Waals surface area contributed by atoms with E-state index in [2.05, 4.69) is 14.8 Å². The summed E-state index contributed by atoms with van der Waals surface area (Å²) in [6.45, 7) is 6.15. The Labute approximate surface area is 225 Å². The predicted octanol–water partition coefficient (Wildman–Crippen LogP) is 3.49. The average Bonchev–Trinajstić information content (AvgIpc) is 3.54. The fourth-order valence-corrected chi connectivity index (χ4v) is 8.56.